The number of nitrogens with one attached hydrogen (secondary N) is 1. The van der Waals surface area contributed by atoms with Gasteiger partial charge in [0.1, 0.15) is 0 Å². The van der Waals surface area contributed by atoms with Crippen LogP contribution in [-0.4, -0.2) is 24.1 Å². The van der Waals surface area contributed by atoms with E-state index < -0.39 is 10.0 Å². The van der Waals surface area contributed by atoms with E-state index in [2.05, 4.69) is 14.7 Å². The molecule has 0 aliphatic rings. The zero-order valence-electron chi connectivity index (χ0n) is 13.7. The summed E-state index contributed by atoms with van der Waals surface area (Å²) in [6.45, 7) is 0.248. The SMILES string of the molecule is O=S(=O)(CCc1ccccc1)NCc1ccnc(-c2ccncc2)c1. The third kappa shape index (κ3) is 5.20. The Hall–Kier alpha value is -2.57. The van der Waals surface area contributed by atoms with Gasteiger partial charge in [-0.3, -0.25) is 9.97 Å². The number of nitrogens with zero attached hydrogens (tertiary/aromatic N) is 2. The van der Waals surface area contributed by atoms with Gasteiger partial charge in [-0.15, -0.1) is 0 Å². The van der Waals surface area contributed by atoms with Crippen molar-refractivity contribution in [2.75, 3.05) is 5.75 Å². The molecule has 25 heavy (non-hydrogen) atoms. The number of sulfonamides is 1. The first kappa shape index (κ1) is 17.3. The molecule has 0 saturated heterocycles. The van der Waals surface area contributed by atoms with E-state index in [9.17, 15) is 8.42 Å². The molecule has 5 nitrogen and oxygen atoms in total. The van der Waals surface area contributed by atoms with E-state index in [0.717, 1.165) is 22.4 Å². The topological polar surface area (TPSA) is 72.0 Å². The Bertz CT molecular complexity index is 914. The average Bonchev–Trinajstić information content (AvgIpc) is 2.67. The summed E-state index contributed by atoms with van der Waals surface area (Å²) in [5, 5.41) is 0. The fraction of sp³-hybridized carbons (Fsp3) is 0.158. The Morgan fingerprint density at radius 3 is 2.40 bits per heavy atom. The minimum Gasteiger partial charge on any atom is -0.265 e. The molecule has 3 rings (SSSR count). The van der Waals surface area contributed by atoms with Gasteiger partial charge < -0.3 is 0 Å². The van der Waals surface area contributed by atoms with Crippen molar-refractivity contribution in [1.82, 2.24) is 14.7 Å². The summed E-state index contributed by atoms with van der Waals surface area (Å²) in [5.41, 5.74) is 3.62. The summed E-state index contributed by atoms with van der Waals surface area (Å²) < 4.78 is 27.1. The van der Waals surface area contributed by atoms with E-state index in [0.29, 0.717) is 6.42 Å². The Kier molecular flexibility index (Phi) is 5.53. The van der Waals surface area contributed by atoms with E-state index in [4.69, 9.17) is 0 Å². The molecule has 0 aliphatic heterocycles. The predicted octanol–water partition coefficient (Wildman–Crippen LogP) is 2.81. The van der Waals surface area contributed by atoms with Gasteiger partial charge >= 0.3 is 0 Å². The second-order valence-electron chi connectivity index (χ2n) is 5.66. The van der Waals surface area contributed by atoms with Gasteiger partial charge in [-0.2, -0.15) is 0 Å². The lowest BCUT2D eigenvalue weighted by molar-refractivity contribution is 0.580. The van der Waals surface area contributed by atoms with Gasteiger partial charge in [0.15, 0.2) is 0 Å². The molecule has 0 aliphatic carbocycles. The molecule has 0 fully saturated rings. The number of aromatic nitrogens is 2. The first-order chi connectivity index (χ1) is 12.1. The number of benzene rings is 1. The molecule has 2 heterocycles. The van der Waals surface area contributed by atoms with Crippen LogP contribution < -0.4 is 4.72 Å². The van der Waals surface area contributed by atoms with Gasteiger partial charge in [-0.25, -0.2) is 13.1 Å². The lowest BCUT2D eigenvalue weighted by Crippen LogP contribution is -2.26. The standard InChI is InChI=1S/C19H19N3O2S/c23-25(24,13-9-16-4-2-1-3-5-16)22-15-17-6-12-21-19(14-17)18-7-10-20-11-8-18/h1-8,10-12,14,22H,9,13,15H2. The lowest BCUT2D eigenvalue weighted by atomic mass is 10.1. The van der Waals surface area contributed by atoms with Crippen molar-refractivity contribution in [3.63, 3.8) is 0 Å². The van der Waals surface area contributed by atoms with Gasteiger partial charge in [0.05, 0.1) is 11.4 Å². The molecule has 0 atom stereocenters. The van der Waals surface area contributed by atoms with Crippen LogP contribution >= 0.6 is 0 Å². The van der Waals surface area contributed by atoms with Gasteiger partial charge in [-0.1, -0.05) is 30.3 Å². The predicted molar refractivity (Wildman–Crippen MR) is 98.2 cm³/mol. The third-order valence-electron chi connectivity index (χ3n) is 3.80. The molecule has 0 saturated carbocycles. The molecule has 0 radical (unpaired) electrons. The average molecular weight is 353 g/mol. The van der Waals surface area contributed by atoms with E-state index >= 15 is 0 Å². The maximum absolute atomic E-state index is 12.2. The maximum Gasteiger partial charge on any atom is 0.212 e. The van der Waals surface area contributed by atoms with Crippen molar-refractivity contribution >= 4 is 10.0 Å². The van der Waals surface area contributed by atoms with Gasteiger partial charge in [0, 0.05) is 30.7 Å². The van der Waals surface area contributed by atoms with Crippen LogP contribution in [0.25, 0.3) is 11.3 Å². The summed E-state index contributed by atoms with van der Waals surface area (Å²) in [7, 11) is -3.34. The van der Waals surface area contributed by atoms with Gasteiger partial charge in [0.2, 0.25) is 10.0 Å². The second kappa shape index (κ2) is 8.00. The highest BCUT2D eigenvalue weighted by molar-refractivity contribution is 7.89. The van der Waals surface area contributed by atoms with Crippen LogP contribution in [0.1, 0.15) is 11.1 Å². The summed E-state index contributed by atoms with van der Waals surface area (Å²) >= 11 is 0. The Morgan fingerprint density at radius 2 is 1.64 bits per heavy atom. The van der Waals surface area contributed by atoms with Crippen LogP contribution in [0.4, 0.5) is 0 Å². The molecule has 0 spiro atoms. The van der Waals surface area contributed by atoms with Crippen LogP contribution in [0.5, 0.6) is 0 Å². The Labute approximate surface area is 147 Å². The van der Waals surface area contributed by atoms with Crippen LogP contribution in [0.3, 0.4) is 0 Å². The number of pyridine rings is 2. The van der Waals surface area contributed by atoms with E-state index in [1.807, 2.05) is 54.6 Å². The normalized spacial score (nSPS) is 11.4. The van der Waals surface area contributed by atoms with E-state index in [1.54, 1.807) is 18.6 Å². The Balaban J connectivity index is 1.61. The summed E-state index contributed by atoms with van der Waals surface area (Å²) in [6, 6.07) is 17.0. The fourth-order valence-electron chi connectivity index (χ4n) is 2.43. The first-order valence-electron chi connectivity index (χ1n) is 7.99. The van der Waals surface area contributed by atoms with Crippen LogP contribution in [0.2, 0.25) is 0 Å². The van der Waals surface area contributed by atoms with E-state index in [1.165, 1.54) is 0 Å². The summed E-state index contributed by atoms with van der Waals surface area (Å²) in [5.74, 6) is 0.0688. The van der Waals surface area contributed by atoms with Crippen LogP contribution in [0, 0.1) is 0 Å². The van der Waals surface area contributed by atoms with Crippen molar-refractivity contribution in [2.24, 2.45) is 0 Å². The molecule has 128 valence electrons. The highest BCUT2D eigenvalue weighted by Crippen LogP contribution is 2.16. The number of rotatable bonds is 7. The minimum atomic E-state index is -3.34. The number of hydrogen-bond donors (Lipinski definition) is 1. The highest BCUT2D eigenvalue weighted by Gasteiger charge is 2.10. The first-order valence-corrected chi connectivity index (χ1v) is 9.64. The molecule has 0 amide bonds. The lowest BCUT2D eigenvalue weighted by Gasteiger charge is -2.08. The quantitative estimate of drug-likeness (QED) is 0.709. The maximum atomic E-state index is 12.2. The molecular formula is C19H19N3O2S. The highest BCUT2D eigenvalue weighted by atomic mass is 32.2. The molecule has 3 aromatic rings. The van der Waals surface area contributed by atoms with Crippen molar-refractivity contribution in [2.45, 2.75) is 13.0 Å². The summed E-state index contributed by atoms with van der Waals surface area (Å²) in [4.78, 5) is 8.31. The van der Waals surface area contributed by atoms with Crippen molar-refractivity contribution < 1.29 is 8.42 Å². The number of hydrogen-bond acceptors (Lipinski definition) is 4. The van der Waals surface area contributed by atoms with Crippen molar-refractivity contribution in [3.05, 3.63) is 84.3 Å². The molecule has 1 N–H and O–H groups in total. The molecule has 6 heteroatoms. The van der Waals surface area contributed by atoms with Crippen molar-refractivity contribution in [3.8, 4) is 11.3 Å². The number of aryl methyl sites for hydroxylation is 1. The monoisotopic (exact) mass is 353 g/mol. The van der Waals surface area contributed by atoms with Crippen LogP contribution in [0.15, 0.2) is 73.2 Å². The smallest absolute Gasteiger partial charge is 0.212 e. The minimum absolute atomic E-state index is 0.0688. The zero-order valence-corrected chi connectivity index (χ0v) is 14.5. The Morgan fingerprint density at radius 1 is 0.880 bits per heavy atom. The molecule has 1 aromatic carbocycles. The van der Waals surface area contributed by atoms with Gasteiger partial charge in [0.25, 0.3) is 0 Å². The van der Waals surface area contributed by atoms with E-state index in [-0.39, 0.29) is 12.3 Å². The van der Waals surface area contributed by atoms with Gasteiger partial charge in [-0.05, 0) is 41.8 Å². The molecule has 0 bridgehead atoms. The zero-order chi connectivity index (χ0) is 17.5. The summed E-state index contributed by atoms with van der Waals surface area (Å²) in [6.07, 6.45) is 5.59. The third-order valence-corrected chi connectivity index (χ3v) is 5.12. The second-order valence-corrected chi connectivity index (χ2v) is 7.59. The molecular weight excluding hydrogens is 334 g/mol. The fourth-order valence-corrected chi connectivity index (χ4v) is 3.46. The van der Waals surface area contributed by atoms with Crippen LogP contribution in [-0.2, 0) is 23.0 Å². The molecule has 2 aromatic heterocycles. The van der Waals surface area contributed by atoms with Crippen molar-refractivity contribution in [1.29, 1.82) is 0 Å². The molecule has 0 unspecified atom stereocenters. The largest absolute Gasteiger partial charge is 0.265 e.